The molecule has 0 saturated carbocycles. The predicted molar refractivity (Wildman–Crippen MR) is 95.7 cm³/mol. The number of nitrogens with zero attached hydrogens (tertiary/aromatic N) is 2. The van der Waals surface area contributed by atoms with Gasteiger partial charge in [0.25, 0.3) is 15.9 Å². The lowest BCUT2D eigenvalue weighted by molar-refractivity contribution is -0.131. The second-order valence-corrected chi connectivity index (χ2v) is 8.05. The van der Waals surface area contributed by atoms with E-state index in [-0.39, 0.29) is 29.3 Å². The maximum absolute atomic E-state index is 12.5. The number of carbonyl (C=O) groups is 2. The van der Waals surface area contributed by atoms with Crippen LogP contribution in [0.1, 0.15) is 56.3 Å². The zero-order chi connectivity index (χ0) is 18.4. The fourth-order valence-corrected chi connectivity index (χ4v) is 4.44. The summed E-state index contributed by atoms with van der Waals surface area (Å²) in [5.74, 6) is -0.641. The lowest BCUT2D eigenvalue weighted by Crippen LogP contribution is -2.37. The van der Waals surface area contributed by atoms with Gasteiger partial charge in [0.1, 0.15) is 4.90 Å². The molecular weight excluding hydrogens is 340 g/mol. The molecule has 138 valence electrons. The molecule has 1 aromatic rings. The largest absolute Gasteiger partial charge is 0.343 e. The molecule has 2 amide bonds. The zero-order valence-corrected chi connectivity index (χ0v) is 15.7. The molecule has 6 nitrogen and oxygen atoms in total. The van der Waals surface area contributed by atoms with Crippen molar-refractivity contribution in [1.29, 1.82) is 0 Å². The van der Waals surface area contributed by atoms with Crippen LogP contribution in [0.3, 0.4) is 0 Å². The Balaban J connectivity index is 2.05. The third-order valence-corrected chi connectivity index (χ3v) is 6.20. The Bertz CT molecular complexity index is 722. The summed E-state index contributed by atoms with van der Waals surface area (Å²) >= 11 is 0. The van der Waals surface area contributed by atoms with Crippen molar-refractivity contribution >= 4 is 21.8 Å². The summed E-state index contributed by atoms with van der Waals surface area (Å²) < 4.78 is 25.8. The van der Waals surface area contributed by atoms with Gasteiger partial charge in [-0.25, -0.2) is 12.7 Å². The van der Waals surface area contributed by atoms with E-state index in [4.69, 9.17) is 0 Å². The first-order valence-electron chi connectivity index (χ1n) is 8.87. The van der Waals surface area contributed by atoms with Gasteiger partial charge in [-0.1, -0.05) is 38.8 Å². The quantitative estimate of drug-likeness (QED) is 0.673. The molecular formula is C18H26N2O4S. The van der Waals surface area contributed by atoms with Crippen molar-refractivity contribution in [2.45, 2.75) is 50.8 Å². The highest BCUT2D eigenvalue weighted by atomic mass is 32.2. The van der Waals surface area contributed by atoms with Gasteiger partial charge in [0.05, 0.1) is 5.56 Å². The van der Waals surface area contributed by atoms with Crippen molar-refractivity contribution in [2.75, 3.05) is 19.6 Å². The third-order valence-electron chi connectivity index (χ3n) is 4.36. The molecule has 0 fully saturated rings. The Morgan fingerprint density at radius 3 is 2.24 bits per heavy atom. The van der Waals surface area contributed by atoms with Crippen molar-refractivity contribution in [3.05, 3.63) is 29.8 Å². The van der Waals surface area contributed by atoms with Gasteiger partial charge in [0.2, 0.25) is 5.91 Å². The second-order valence-electron chi connectivity index (χ2n) is 6.22. The van der Waals surface area contributed by atoms with E-state index in [1.807, 2.05) is 0 Å². The fourth-order valence-electron chi connectivity index (χ4n) is 2.87. The van der Waals surface area contributed by atoms with Crippen molar-refractivity contribution < 1.29 is 18.0 Å². The van der Waals surface area contributed by atoms with Crippen LogP contribution in [0.2, 0.25) is 0 Å². The van der Waals surface area contributed by atoms with Crippen LogP contribution in [0.15, 0.2) is 29.2 Å². The van der Waals surface area contributed by atoms with Gasteiger partial charge < -0.3 is 4.90 Å². The molecule has 0 N–H and O–H groups in total. The first-order chi connectivity index (χ1) is 11.9. The molecule has 0 spiro atoms. The Labute approximate surface area is 149 Å². The van der Waals surface area contributed by atoms with Crippen LogP contribution < -0.4 is 0 Å². The number of rotatable bonds is 9. The van der Waals surface area contributed by atoms with Crippen molar-refractivity contribution in [1.82, 2.24) is 9.21 Å². The van der Waals surface area contributed by atoms with E-state index < -0.39 is 15.9 Å². The number of hydrogen-bond acceptors (Lipinski definition) is 4. The molecule has 1 heterocycles. The van der Waals surface area contributed by atoms with Crippen LogP contribution >= 0.6 is 0 Å². The molecule has 1 aliphatic heterocycles. The summed E-state index contributed by atoms with van der Waals surface area (Å²) in [6.45, 7) is 5.38. The fraction of sp³-hybridized carbons (Fsp3) is 0.556. The van der Waals surface area contributed by atoms with Gasteiger partial charge in [-0.3, -0.25) is 9.59 Å². The summed E-state index contributed by atoms with van der Waals surface area (Å²) in [6, 6.07) is 6.17. The van der Waals surface area contributed by atoms with E-state index in [9.17, 15) is 18.0 Å². The topological polar surface area (TPSA) is 74.8 Å². The van der Waals surface area contributed by atoms with Crippen molar-refractivity contribution in [2.24, 2.45) is 0 Å². The van der Waals surface area contributed by atoms with E-state index in [1.165, 1.54) is 12.1 Å². The number of sulfonamides is 1. The van der Waals surface area contributed by atoms with E-state index in [0.717, 1.165) is 30.0 Å². The molecule has 0 bridgehead atoms. The molecule has 0 aromatic heterocycles. The minimum Gasteiger partial charge on any atom is -0.343 e. The van der Waals surface area contributed by atoms with Gasteiger partial charge >= 0.3 is 0 Å². The van der Waals surface area contributed by atoms with E-state index in [0.29, 0.717) is 13.1 Å². The van der Waals surface area contributed by atoms with Crippen LogP contribution in [0.25, 0.3) is 0 Å². The average Bonchev–Trinajstić information content (AvgIpc) is 2.80. The van der Waals surface area contributed by atoms with Gasteiger partial charge in [0.15, 0.2) is 0 Å². The van der Waals surface area contributed by atoms with Crippen LogP contribution in [-0.4, -0.2) is 49.1 Å². The normalized spacial score (nSPS) is 15.3. The smallest absolute Gasteiger partial charge is 0.269 e. The monoisotopic (exact) mass is 366 g/mol. The van der Waals surface area contributed by atoms with Gasteiger partial charge in [-0.15, -0.1) is 0 Å². The highest BCUT2D eigenvalue weighted by Gasteiger charge is 2.40. The number of hydrogen-bond donors (Lipinski definition) is 0. The molecule has 25 heavy (non-hydrogen) atoms. The molecule has 2 rings (SSSR count). The minimum atomic E-state index is -3.84. The molecule has 0 unspecified atom stereocenters. The molecule has 7 heteroatoms. The van der Waals surface area contributed by atoms with Crippen LogP contribution in [0.4, 0.5) is 0 Å². The van der Waals surface area contributed by atoms with E-state index in [1.54, 1.807) is 17.0 Å². The summed E-state index contributed by atoms with van der Waals surface area (Å²) in [5, 5.41) is 0. The molecule has 0 radical (unpaired) electrons. The Kier molecular flexibility index (Phi) is 6.58. The Hall–Kier alpha value is -1.89. The first kappa shape index (κ1) is 19.4. The van der Waals surface area contributed by atoms with Gasteiger partial charge in [-0.05, 0) is 25.0 Å². The minimum absolute atomic E-state index is 0.0202. The third kappa shape index (κ3) is 4.21. The number of fused-ring (bicyclic) bond motifs is 1. The number of amides is 2. The maximum Gasteiger partial charge on any atom is 0.269 e. The number of benzene rings is 1. The lowest BCUT2D eigenvalue weighted by atomic mass is 10.2. The molecule has 0 atom stereocenters. The number of unbranched alkanes of at least 4 members (excludes halogenated alkanes) is 2. The summed E-state index contributed by atoms with van der Waals surface area (Å²) in [4.78, 5) is 26.7. The summed E-state index contributed by atoms with van der Waals surface area (Å²) in [5.41, 5.74) is 0.184. The zero-order valence-electron chi connectivity index (χ0n) is 14.9. The van der Waals surface area contributed by atoms with E-state index >= 15 is 0 Å². The summed E-state index contributed by atoms with van der Waals surface area (Å²) in [6.07, 6.45) is 3.84. The van der Waals surface area contributed by atoms with Crippen LogP contribution in [-0.2, 0) is 14.8 Å². The van der Waals surface area contributed by atoms with Crippen molar-refractivity contribution in [3.8, 4) is 0 Å². The Morgan fingerprint density at radius 2 is 1.68 bits per heavy atom. The molecule has 0 aliphatic carbocycles. The first-order valence-corrected chi connectivity index (χ1v) is 10.3. The molecule has 0 saturated heterocycles. The lowest BCUT2D eigenvalue weighted by Gasteiger charge is -2.23. The maximum atomic E-state index is 12.5. The predicted octanol–water partition coefficient (Wildman–Crippen LogP) is 2.65. The molecule has 1 aliphatic rings. The van der Waals surface area contributed by atoms with Gasteiger partial charge in [-0.2, -0.15) is 0 Å². The van der Waals surface area contributed by atoms with Crippen LogP contribution in [0.5, 0.6) is 0 Å². The van der Waals surface area contributed by atoms with Gasteiger partial charge in [0, 0.05) is 26.1 Å². The van der Waals surface area contributed by atoms with Crippen molar-refractivity contribution in [3.63, 3.8) is 0 Å². The molecule has 1 aromatic carbocycles. The van der Waals surface area contributed by atoms with Crippen LogP contribution in [0, 0.1) is 0 Å². The highest BCUT2D eigenvalue weighted by molar-refractivity contribution is 7.90. The van der Waals surface area contributed by atoms with E-state index in [2.05, 4.69) is 13.8 Å². The SMILES string of the molecule is CCCCN(CCCC)C(=O)CCN1C(=O)c2ccccc2S1(=O)=O. The average molecular weight is 366 g/mol. The Morgan fingerprint density at radius 1 is 1.08 bits per heavy atom. The standard InChI is InChI=1S/C18H26N2O4S/c1-3-5-12-19(13-6-4-2)17(21)11-14-20-18(22)15-9-7-8-10-16(15)25(20,23)24/h7-10H,3-6,11-14H2,1-2H3. The summed E-state index contributed by atoms with van der Waals surface area (Å²) in [7, 11) is -3.84. The highest BCUT2D eigenvalue weighted by Crippen LogP contribution is 2.29. The second kappa shape index (κ2) is 8.47. The number of carbonyl (C=O) groups excluding carboxylic acids is 2.